The van der Waals surface area contributed by atoms with Crippen LogP contribution in [-0.4, -0.2) is 57.7 Å². The Kier molecular flexibility index (Phi) is 8.98. The average Bonchev–Trinajstić information content (AvgIpc) is 3.55. The molecule has 0 bridgehead atoms. The fraction of sp³-hybridized carbons (Fsp3) is 0.276. The summed E-state index contributed by atoms with van der Waals surface area (Å²) in [7, 11) is 0. The Morgan fingerprint density at radius 2 is 1.72 bits per heavy atom. The molecule has 7 nitrogen and oxygen atoms in total. The van der Waals surface area contributed by atoms with Crippen LogP contribution < -0.4 is 5.32 Å². The van der Waals surface area contributed by atoms with Crippen molar-refractivity contribution in [3.05, 3.63) is 78.4 Å². The van der Waals surface area contributed by atoms with Gasteiger partial charge in [0, 0.05) is 31.6 Å². The van der Waals surface area contributed by atoms with Crippen LogP contribution in [0.15, 0.2) is 72.8 Å². The second-order valence-corrected chi connectivity index (χ2v) is 9.20. The fourth-order valence-electron chi connectivity index (χ4n) is 4.32. The topological polar surface area (TPSA) is 98.3 Å². The number of hydrogen-bond donors (Lipinski definition) is 3. The molecule has 3 N–H and O–H groups in total. The molecule has 39 heavy (non-hydrogen) atoms. The summed E-state index contributed by atoms with van der Waals surface area (Å²) < 4.78 is 31.7. The molecule has 1 aliphatic heterocycles. The van der Waals surface area contributed by atoms with Crippen LogP contribution in [-0.2, 0) is 16.1 Å². The number of nitrogens with zero attached hydrogens (tertiary/aromatic N) is 2. The van der Waals surface area contributed by atoms with Crippen LogP contribution in [0.4, 0.5) is 13.2 Å². The first-order chi connectivity index (χ1) is 18.7. The highest BCUT2D eigenvalue weighted by Crippen LogP contribution is 2.26. The number of halogens is 3. The van der Waals surface area contributed by atoms with Gasteiger partial charge in [-0.25, -0.2) is 9.78 Å². The zero-order chi connectivity index (χ0) is 27.8. The number of alkyl halides is 3. The molecular weight excluding hydrogens is 509 g/mol. The Labute approximate surface area is 223 Å². The van der Waals surface area contributed by atoms with Gasteiger partial charge in [-0.2, -0.15) is 13.2 Å². The molecule has 0 unspecified atom stereocenters. The van der Waals surface area contributed by atoms with E-state index in [0.29, 0.717) is 5.91 Å². The van der Waals surface area contributed by atoms with Crippen LogP contribution in [0.25, 0.3) is 33.5 Å². The number of nitrogens with one attached hydrogen (secondary N) is 2. The molecule has 2 heterocycles. The number of H-pyrrole nitrogens is 1. The van der Waals surface area contributed by atoms with E-state index in [1.165, 1.54) is 16.7 Å². The molecule has 204 valence electrons. The molecule has 3 aromatic carbocycles. The van der Waals surface area contributed by atoms with Gasteiger partial charge >= 0.3 is 12.1 Å². The quantitative estimate of drug-likeness (QED) is 0.253. The summed E-state index contributed by atoms with van der Waals surface area (Å²) in [6.45, 7) is 3.56. The lowest BCUT2D eigenvalue weighted by Gasteiger charge is -2.15. The number of carboxylic acid groups (broad SMARTS) is 1. The number of aromatic amines is 1. The molecular formula is C29H29F3N4O3. The molecule has 1 aromatic heterocycles. The first-order valence-electron chi connectivity index (χ1n) is 12.6. The third kappa shape index (κ3) is 7.67. The van der Waals surface area contributed by atoms with E-state index in [1.54, 1.807) is 0 Å². The standard InChI is InChI=1S/C27H28N4O.C2HF3O2/c32-26-10-4-16-31(26)17-5-15-28-19-20-11-13-21(14-12-20)22-6-3-7-23(18-22)27-29-24-8-1-2-9-25(24)30-27;3-2(4,5)1(6)7/h1-3,6-9,11-14,18,28H,4-5,10,15-17,19H2,(H,29,30);(H,6,7). The van der Waals surface area contributed by atoms with Crippen molar-refractivity contribution in [3.8, 4) is 22.5 Å². The summed E-state index contributed by atoms with van der Waals surface area (Å²) in [5.41, 5.74) is 6.76. The van der Waals surface area contributed by atoms with Gasteiger partial charge in [0.15, 0.2) is 0 Å². The summed E-state index contributed by atoms with van der Waals surface area (Å²) in [5, 5.41) is 10.6. The van der Waals surface area contributed by atoms with Crippen molar-refractivity contribution in [3.63, 3.8) is 0 Å². The first-order valence-corrected chi connectivity index (χ1v) is 12.6. The van der Waals surface area contributed by atoms with E-state index in [2.05, 4.69) is 58.8 Å². The molecule has 10 heteroatoms. The zero-order valence-electron chi connectivity index (χ0n) is 21.2. The zero-order valence-corrected chi connectivity index (χ0v) is 21.2. The first kappa shape index (κ1) is 27.8. The average molecular weight is 539 g/mol. The van der Waals surface area contributed by atoms with Crippen molar-refractivity contribution in [1.29, 1.82) is 0 Å². The SMILES string of the molecule is O=C(O)C(F)(F)F.O=C1CCCN1CCCNCc1ccc(-c2cccc(-c3nc4ccccc4[nH]3)c2)cc1. The number of carbonyl (C=O) groups is 2. The van der Waals surface area contributed by atoms with Gasteiger partial charge in [0.05, 0.1) is 11.0 Å². The van der Waals surface area contributed by atoms with E-state index in [0.717, 1.165) is 67.9 Å². The lowest BCUT2D eigenvalue weighted by molar-refractivity contribution is -0.192. The van der Waals surface area contributed by atoms with E-state index in [1.807, 2.05) is 29.2 Å². The van der Waals surface area contributed by atoms with Crippen LogP contribution in [0, 0.1) is 0 Å². The van der Waals surface area contributed by atoms with Crippen molar-refractivity contribution >= 4 is 22.9 Å². The van der Waals surface area contributed by atoms with Gasteiger partial charge in [0.2, 0.25) is 5.91 Å². The predicted molar refractivity (Wildman–Crippen MR) is 143 cm³/mol. The summed E-state index contributed by atoms with van der Waals surface area (Å²) >= 11 is 0. The third-order valence-corrected chi connectivity index (χ3v) is 6.34. The van der Waals surface area contributed by atoms with Crippen LogP contribution in [0.2, 0.25) is 0 Å². The summed E-state index contributed by atoms with van der Waals surface area (Å²) in [5.74, 6) is -1.55. The Hall–Kier alpha value is -4.18. The van der Waals surface area contributed by atoms with E-state index < -0.39 is 12.1 Å². The van der Waals surface area contributed by atoms with Crippen molar-refractivity contribution in [2.24, 2.45) is 0 Å². The number of amides is 1. The van der Waals surface area contributed by atoms with E-state index in [-0.39, 0.29) is 0 Å². The maximum atomic E-state index is 11.7. The minimum atomic E-state index is -5.08. The van der Waals surface area contributed by atoms with Crippen molar-refractivity contribution in [1.82, 2.24) is 20.2 Å². The Bertz CT molecular complexity index is 1380. The van der Waals surface area contributed by atoms with E-state index in [9.17, 15) is 18.0 Å². The predicted octanol–water partition coefficient (Wildman–Crippen LogP) is 5.63. The van der Waals surface area contributed by atoms with Gasteiger partial charge in [-0.1, -0.05) is 54.6 Å². The lowest BCUT2D eigenvalue weighted by Crippen LogP contribution is -2.28. The minimum Gasteiger partial charge on any atom is -0.475 e. The molecule has 1 amide bonds. The Morgan fingerprint density at radius 1 is 1.00 bits per heavy atom. The second-order valence-electron chi connectivity index (χ2n) is 9.20. The molecule has 1 aliphatic rings. The summed E-state index contributed by atoms with van der Waals surface area (Å²) in [4.78, 5) is 30.7. The van der Waals surface area contributed by atoms with Gasteiger partial charge in [-0.15, -0.1) is 0 Å². The molecule has 0 spiro atoms. The Morgan fingerprint density at radius 3 is 2.38 bits per heavy atom. The third-order valence-electron chi connectivity index (χ3n) is 6.34. The second kappa shape index (κ2) is 12.6. The van der Waals surface area contributed by atoms with Crippen LogP contribution in [0.5, 0.6) is 0 Å². The molecule has 5 rings (SSSR count). The van der Waals surface area contributed by atoms with Crippen LogP contribution >= 0.6 is 0 Å². The molecule has 0 atom stereocenters. The summed E-state index contributed by atoms with van der Waals surface area (Å²) in [6.07, 6.45) is -2.35. The maximum Gasteiger partial charge on any atom is 0.490 e. The summed E-state index contributed by atoms with van der Waals surface area (Å²) in [6, 6.07) is 25.3. The van der Waals surface area contributed by atoms with Gasteiger partial charge in [0.1, 0.15) is 5.82 Å². The van der Waals surface area contributed by atoms with Gasteiger partial charge in [-0.3, -0.25) is 4.79 Å². The number of imidazole rings is 1. The number of likely N-dealkylation sites (tertiary alicyclic amines) is 1. The highest BCUT2D eigenvalue weighted by Gasteiger charge is 2.38. The molecule has 0 saturated carbocycles. The maximum absolute atomic E-state index is 11.7. The largest absolute Gasteiger partial charge is 0.490 e. The lowest BCUT2D eigenvalue weighted by atomic mass is 10.0. The van der Waals surface area contributed by atoms with Crippen LogP contribution in [0.1, 0.15) is 24.8 Å². The number of rotatable bonds is 8. The number of para-hydroxylation sites is 2. The number of carboxylic acids is 1. The van der Waals surface area contributed by atoms with E-state index >= 15 is 0 Å². The number of aromatic nitrogens is 2. The number of benzene rings is 3. The van der Waals surface area contributed by atoms with Gasteiger partial charge < -0.3 is 20.3 Å². The minimum absolute atomic E-state index is 0.310. The van der Waals surface area contributed by atoms with Crippen molar-refractivity contribution in [2.45, 2.75) is 32.0 Å². The fourth-order valence-corrected chi connectivity index (χ4v) is 4.32. The van der Waals surface area contributed by atoms with Gasteiger partial charge in [-0.05, 0) is 54.3 Å². The highest BCUT2D eigenvalue weighted by molar-refractivity contribution is 5.80. The monoisotopic (exact) mass is 538 g/mol. The van der Waals surface area contributed by atoms with E-state index in [4.69, 9.17) is 14.9 Å². The number of carbonyl (C=O) groups excluding carboxylic acids is 1. The van der Waals surface area contributed by atoms with Gasteiger partial charge in [0.25, 0.3) is 0 Å². The van der Waals surface area contributed by atoms with Crippen LogP contribution in [0.3, 0.4) is 0 Å². The van der Waals surface area contributed by atoms with Crippen molar-refractivity contribution < 1.29 is 27.9 Å². The number of hydrogen-bond acceptors (Lipinski definition) is 4. The van der Waals surface area contributed by atoms with Crippen molar-refractivity contribution in [2.75, 3.05) is 19.6 Å². The normalized spacial score (nSPS) is 13.4. The molecule has 0 aliphatic carbocycles. The molecule has 4 aromatic rings. The number of aliphatic carboxylic acids is 1. The highest BCUT2D eigenvalue weighted by atomic mass is 19.4. The molecule has 0 radical (unpaired) electrons. The number of fused-ring (bicyclic) bond motifs is 1. The Balaban J connectivity index is 0.000000448. The molecule has 1 saturated heterocycles. The smallest absolute Gasteiger partial charge is 0.475 e. The molecule has 1 fully saturated rings.